The predicted molar refractivity (Wildman–Crippen MR) is 72.5 cm³/mol. The molecule has 1 aliphatic rings. The van der Waals surface area contributed by atoms with Gasteiger partial charge in [-0.3, -0.25) is 0 Å². The topological polar surface area (TPSA) is 29.5 Å². The Kier molecular flexibility index (Phi) is 4.10. The zero-order valence-electron chi connectivity index (χ0n) is 10.4. The Morgan fingerprint density at radius 3 is 2.88 bits per heavy atom. The molecule has 0 saturated heterocycles. The van der Waals surface area contributed by atoms with E-state index in [1.807, 2.05) is 6.92 Å². The Morgan fingerprint density at radius 2 is 2.24 bits per heavy atom. The molecule has 2 rings (SSSR count). The first-order valence-electron chi connectivity index (χ1n) is 6.24. The SMILES string of the molecule is CCC(Cc1cc(Br)cc2c1OCC2)C(C)O. The molecule has 0 bridgehead atoms. The Hall–Kier alpha value is -0.540. The lowest BCUT2D eigenvalue weighted by molar-refractivity contribution is 0.122. The first-order valence-corrected chi connectivity index (χ1v) is 7.03. The van der Waals surface area contributed by atoms with E-state index < -0.39 is 0 Å². The number of ether oxygens (including phenoxy) is 1. The Balaban J connectivity index is 2.26. The van der Waals surface area contributed by atoms with Crippen LogP contribution >= 0.6 is 15.9 Å². The Labute approximate surface area is 111 Å². The summed E-state index contributed by atoms with van der Waals surface area (Å²) in [6, 6.07) is 4.25. The molecule has 0 radical (unpaired) electrons. The van der Waals surface area contributed by atoms with Crippen LogP contribution in [0.25, 0.3) is 0 Å². The van der Waals surface area contributed by atoms with Gasteiger partial charge >= 0.3 is 0 Å². The average molecular weight is 299 g/mol. The summed E-state index contributed by atoms with van der Waals surface area (Å²) in [4.78, 5) is 0. The Bertz CT molecular complexity index is 401. The van der Waals surface area contributed by atoms with E-state index in [0.717, 1.165) is 36.1 Å². The van der Waals surface area contributed by atoms with Crippen molar-refractivity contribution >= 4 is 15.9 Å². The van der Waals surface area contributed by atoms with Crippen molar-refractivity contribution in [1.29, 1.82) is 0 Å². The molecule has 0 aromatic heterocycles. The van der Waals surface area contributed by atoms with Crippen LogP contribution in [0.15, 0.2) is 16.6 Å². The molecule has 1 aliphatic heterocycles. The van der Waals surface area contributed by atoms with Gasteiger partial charge in [-0.2, -0.15) is 0 Å². The van der Waals surface area contributed by atoms with E-state index in [9.17, 15) is 5.11 Å². The zero-order valence-corrected chi connectivity index (χ0v) is 12.0. The van der Waals surface area contributed by atoms with Gasteiger partial charge < -0.3 is 9.84 Å². The maximum absolute atomic E-state index is 9.74. The van der Waals surface area contributed by atoms with Crippen LogP contribution in [0.1, 0.15) is 31.4 Å². The number of aliphatic hydroxyl groups is 1. The molecule has 1 N–H and O–H groups in total. The minimum atomic E-state index is -0.268. The van der Waals surface area contributed by atoms with Gasteiger partial charge in [-0.15, -0.1) is 0 Å². The highest BCUT2D eigenvalue weighted by Gasteiger charge is 2.21. The first-order chi connectivity index (χ1) is 8.11. The van der Waals surface area contributed by atoms with Crippen LogP contribution in [-0.4, -0.2) is 17.8 Å². The molecule has 3 heteroatoms. The summed E-state index contributed by atoms with van der Waals surface area (Å²) in [5.74, 6) is 1.35. The van der Waals surface area contributed by atoms with Gasteiger partial charge in [0.1, 0.15) is 5.75 Å². The van der Waals surface area contributed by atoms with Crippen molar-refractivity contribution in [3.63, 3.8) is 0 Å². The predicted octanol–water partition coefficient (Wildman–Crippen LogP) is 3.33. The van der Waals surface area contributed by atoms with Crippen molar-refractivity contribution in [1.82, 2.24) is 0 Å². The molecule has 0 fully saturated rings. The molecule has 1 aromatic carbocycles. The van der Waals surface area contributed by atoms with E-state index >= 15 is 0 Å². The number of hydrogen-bond donors (Lipinski definition) is 1. The standard InChI is InChI=1S/C14H19BrO2/c1-3-10(9(2)16)6-12-8-13(15)7-11-4-5-17-14(11)12/h7-10,16H,3-6H2,1-2H3. The third-order valence-corrected chi connectivity index (χ3v) is 3.97. The fraction of sp³-hybridized carbons (Fsp3) is 0.571. The summed E-state index contributed by atoms with van der Waals surface area (Å²) < 4.78 is 6.82. The van der Waals surface area contributed by atoms with Crippen LogP contribution in [-0.2, 0) is 12.8 Å². The van der Waals surface area contributed by atoms with Gasteiger partial charge in [-0.05, 0) is 42.5 Å². The molecule has 17 heavy (non-hydrogen) atoms. The lowest BCUT2D eigenvalue weighted by Crippen LogP contribution is -2.18. The van der Waals surface area contributed by atoms with E-state index in [1.165, 1.54) is 11.1 Å². The van der Waals surface area contributed by atoms with Gasteiger partial charge in [0.05, 0.1) is 12.7 Å². The van der Waals surface area contributed by atoms with Crippen LogP contribution in [0.3, 0.4) is 0 Å². The summed E-state index contributed by atoms with van der Waals surface area (Å²) >= 11 is 3.55. The van der Waals surface area contributed by atoms with Crippen LogP contribution < -0.4 is 4.74 Å². The number of rotatable bonds is 4. The molecular weight excluding hydrogens is 280 g/mol. The highest BCUT2D eigenvalue weighted by molar-refractivity contribution is 9.10. The molecule has 94 valence electrons. The summed E-state index contributed by atoms with van der Waals surface area (Å²) in [6.07, 6.45) is 2.60. The van der Waals surface area contributed by atoms with Gasteiger partial charge in [0.2, 0.25) is 0 Å². The molecule has 0 amide bonds. The monoisotopic (exact) mass is 298 g/mol. The summed E-state index contributed by atoms with van der Waals surface area (Å²) in [5.41, 5.74) is 2.51. The van der Waals surface area contributed by atoms with Gasteiger partial charge in [-0.1, -0.05) is 29.3 Å². The molecular formula is C14H19BrO2. The number of halogens is 1. The molecule has 0 aliphatic carbocycles. The van der Waals surface area contributed by atoms with Gasteiger partial charge in [0.15, 0.2) is 0 Å². The quantitative estimate of drug-likeness (QED) is 0.924. The van der Waals surface area contributed by atoms with Crippen molar-refractivity contribution in [2.24, 2.45) is 5.92 Å². The van der Waals surface area contributed by atoms with E-state index in [0.29, 0.717) is 5.92 Å². The molecule has 0 saturated carbocycles. The van der Waals surface area contributed by atoms with Gasteiger partial charge in [0.25, 0.3) is 0 Å². The summed E-state index contributed by atoms with van der Waals surface area (Å²) in [7, 11) is 0. The van der Waals surface area contributed by atoms with Gasteiger partial charge in [0, 0.05) is 10.9 Å². The van der Waals surface area contributed by atoms with Crippen LogP contribution in [0.2, 0.25) is 0 Å². The van der Waals surface area contributed by atoms with E-state index in [4.69, 9.17) is 4.74 Å². The zero-order chi connectivity index (χ0) is 12.4. The largest absolute Gasteiger partial charge is 0.493 e. The highest BCUT2D eigenvalue weighted by atomic mass is 79.9. The van der Waals surface area contributed by atoms with Crippen molar-refractivity contribution in [2.45, 2.75) is 39.2 Å². The van der Waals surface area contributed by atoms with E-state index in [2.05, 4.69) is 35.0 Å². The van der Waals surface area contributed by atoms with Crippen molar-refractivity contribution in [3.05, 3.63) is 27.7 Å². The molecule has 1 heterocycles. The normalized spacial score (nSPS) is 17.4. The van der Waals surface area contributed by atoms with Crippen molar-refractivity contribution < 1.29 is 9.84 Å². The fourth-order valence-electron chi connectivity index (χ4n) is 2.44. The third-order valence-electron chi connectivity index (χ3n) is 3.51. The number of benzene rings is 1. The minimum Gasteiger partial charge on any atom is -0.493 e. The van der Waals surface area contributed by atoms with Crippen molar-refractivity contribution in [3.8, 4) is 5.75 Å². The average Bonchev–Trinajstić information content (AvgIpc) is 2.72. The fourth-order valence-corrected chi connectivity index (χ4v) is 2.99. The van der Waals surface area contributed by atoms with Crippen LogP contribution in [0, 0.1) is 5.92 Å². The third kappa shape index (κ3) is 2.83. The maximum Gasteiger partial charge on any atom is 0.125 e. The summed E-state index contributed by atoms with van der Waals surface area (Å²) in [5, 5.41) is 9.74. The molecule has 2 nitrogen and oxygen atoms in total. The van der Waals surface area contributed by atoms with E-state index in [-0.39, 0.29) is 6.10 Å². The molecule has 0 spiro atoms. The number of aliphatic hydroxyl groups excluding tert-OH is 1. The second-order valence-electron chi connectivity index (χ2n) is 4.76. The van der Waals surface area contributed by atoms with Crippen molar-refractivity contribution in [2.75, 3.05) is 6.61 Å². The maximum atomic E-state index is 9.74. The second-order valence-corrected chi connectivity index (χ2v) is 5.68. The Morgan fingerprint density at radius 1 is 1.47 bits per heavy atom. The smallest absolute Gasteiger partial charge is 0.125 e. The number of hydrogen-bond acceptors (Lipinski definition) is 2. The minimum absolute atomic E-state index is 0.268. The summed E-state index contributed by atoms with van der Waals surface area (Å²) in [6.45, 7) is 4.77. The number of fused-ring (bicyclic) bond motifs is 1. The van der Waals surface area contributed by atoms with E-state index in [1.54, 1.807) is 0 Å². The lowest BCUT2D eigenvalue weighted by Gasteiger charge is -2.19. The first kappa shape index (κ1) is 12.9. The molecule has 2 unspecified atom stereocenters. The second kappa shape index (κ2) is 5.40. The lowest BCUT2D eigenvalue weighted by atomic mass is 9.91. The van der Waals surface area contributed by atoms with Gasteiger partial charge in [-0.25, -0.2) is 0 Å². The highest BCUT2D eigenvalue weighted by Crippen LogP contribution is 2.35. The van der Waals surface area contributed by atoms with Crippen LogP contribution in [0.5, 0.6) is 5.75 Å². The molecule has 1 aromatic rings. The molecule has 2 atom stereocenters. The van der Waals surface area contributed by atoms with Crippen LogP contribution in [0.4, 0.5) is 0 Å².